The van der Waals surface area contributed by atoms with Crippen molar-refractivity contribution in [2.45, 2.75) is 181 Å². The quantitative estimate of drug-likeness (QED) is 0.155. The van der Waals surface area contributed by atoms with Gasteiger partial charge < -0.3 is 4.74 Å². The number of carbonyl (C=O) groups is 1. The molecule has 3 fully saturated rings. The van der Waals surface area contributed by atoms with Crippen LogP contribution in [0.15, 0.2) is 0 Å². The van der Waals surface area contributed by atoms with E-state index < -0.39 is 0 Å². The molecule has 0 amide bonds. The molecule has 2 nitrogen and oxygen atoms in total. The first-order valence-electron chi connectivity index (χ1n) is 16.8. The second-order valence-electron chi connectivity index (χ2n) is 13.2. The summed E-state index contributed by atoms with van der Waals surface area (Å²) in [7, 11) is 0. The normalized spacial score (nSPS) is 27.1. The Labute approximate surface area is 225 Å². The SMILES string of the molecule is CCCCCCCCC[C@]1(C2(C(=O)OCCCCCC)CCCCC2)CC[C@@H](C2CCCCC2)CC1. The smallest absolute Gasteiger partial charge is 0.312 e. The minimum atomic E-state index is -0.185. The van der Waals surface area contributed by atoms with Crippen molar-refractivity contribution in [2.75, 3.05) is 6.61 Å². The van der Waals surface area contributed by atoms with Gasteiger partial charge >= 0.3 is 5.97 Å². The number of ether oxygens (including phenoxy) is 1. The van der Waals surface area contributed by atoms with E-state index in [0.29, 0.717) is 6.61 Å². The first-order valence-corrected chi connectivity index (χ1v) is 16.8. The van der Waals surface area contributed by atoms with Crippen LogP contribution in [0, 0.1) is 22.7 Å². The summed E-state index contributed by atoms with van der Waals surface area (Å²) in [4.78, 5) is 14.0. The van der Waals surface area contributed by atoms with Crippen LogP contribution in [0.25, 0.3) is 0 Å². The first-order chi connectivity index (χ1) is 17.7. The van der Waals surface area contributed by atoms with Crippen LogP contribution in [0.5, 0.6) is 0 Å². The molecule has 3 rings (SSSR count). The second-order valence-corrected chi connectivity index (χ2v) is 13.2. The van der Waals surface area contributed by atoms with Gasteiger partial charge in [-0.25, -0.2) is 0 Å². The zero-order valence-electron chi connectivity index (χ0n) is 24.6. The monoisotopic (exact) mass is 502 g/mol. The van der Waals surface area contributed by atoms with E-state index in [9.17, 15) is 4.79 Å². The number of carbonyl (C=O) groups excluding carboxylic acids is 1. The van der Waals surface area contributed by atoms with Crippen molar-refractivity contribution in [3.05, 3.63) is 0 Å². The average Bonchev–Trinajstić information content (AvgIpc) is 2.93. The van der Waals surface area contributed by atoms with Gasteiger partial charge in [-0.3, -0.25) is 4.79 Å². The number of unbranched alkanes of at least 4 members (excludes halogenated alkanes) is 9. The molecular weight excluding hydrogens is 440 g/mol. The Hall–Kier alpha value is -0.530. The predicted octanol–water partition coefficient (Wildman–Crippen LogP) is 11.0. The Kier molecular flexibility index (Phi) is 13.7. The van der Waals surface area contributed by atoms with Gasteiger partial charge in [0.2, 0.25) is 0 Å². The molecule has 0 aromatic rings. The molecule has 0 spiro atoms. The molecule has 36 heavy (non-hydrogen) atoms. The van der Waals surface area contributed by atoms with Crippen LogP contribution in [-0.4, -0.2) is 12.6 Å². The van der Waals surface area contributed by atoms with Crippen LogP contribution in [0.3, 0.4) is 0 Å². The van der Waals surface area contributed by atoms with E-state index in [1.165, 1.54) is 148 Å². The van der Waals surface area contributed by atoms with E-state index in [1.54, 1.807) is 0 Å². The summed E-state index contributed by atoms with van der Waals surface area (Å²) in [5.74, 6) is 2.12. The van der Waals surface area contributed by atoms with Crippen LogP contribution in [-0.2, 0) is 9.53 Å². The highest BCUT2D eigenvalue weighted by molar-refractivity contribution is 5.78. The Morgan fingerprint density at radius 2 is 1.14 bits per heavy atom. The zero-order valence-corrected chi connectivity index (χ0v) is 24.6. The molecule has 210 valence electrons. The highest BCUT2D eigenvalue weighted by Crippen LogP contribution is 2.61. The summed E-state index contributed by atoms with van der Waals surface area (Å²) < 4.78 is 6.19. The van der Waals surface area contributed by atoms with Gasteiger partial charge in [-0.15, -0.1) is 0 Å². The number of esters is 1. The van der Waals surface area contributed by atoms with E-state index in [1.807, 2.05) is 0 Å². The molecule has 0 aliphatic heterocycles. The van der Waals surface area contributed by atoms with Crippen LogP contribution >= 0.6 is 0 Å². The van der Waals surface area contributed by atoms with Crippen LogP contribution < -0.4 is 0 Å². The summed E-state index contributed by atoms with van der Waals surface area (Å²) in [6.45, 7) is 5.21. The second kappa shape index (κ2) is 16.4. The molecule has 0 saturated heterocycles. The lowest BCUT2D eigenvalue weighted by Gasteiger charge is -2.55. The Morgan fingerprint density at radius 1 is 0.611 bits per heavy atom. The number of rotatable bonds is 16. The number of hydrogen-bond donors (Lipinski definition) is 0. The fourth-order valence-corrected chi connectivity index (χ4v) is 8.60. The van der Waals surface area contributed by atoms with Gasteiger partial charge in [0.05, 0.1) is 12.0 Å². The lowest BCUT2D eigenvalue weighted by atomic mass is 9.49. The fraction of sp³-hybridized carbons (Fsp3) is 0.971. The lowest BCUT2D eigenvalue weighted by Crippen LogP contribution is -2.52. The predicted molar refractivity (Wildman–Crippen MR) is 154 cm³/mol. The summed E-state index contributed by atoms with van der Waals surface area (Å²) in [6.07, 6.45) is 34.3. The van der Waals surface area contributed by atoms with Crippen molar-refractivity contribution in [2.24, 2.45) is 22.7 Å². The standard InChI is InChI=1S/C34H62O2/c1-3-5-7-9-10-11-16-24-33(27-22-31(23-28-33)30-20-14-12-15-21-30)34(25-17-13-18-26-34)32(35)36-29-19-8-6-4-2/h30-31H,3-29H2,1-2H3/t31-,33+. The highest BCUT2D eigenvalue weighted by atomic mass is 16.5. The Morgan fingerprint density at radius 3 is 1.78 bits per heavy atom. The largest absolute Gasteiger partial charge is 0.465 e. The van der Waals surface area contributed by atoms with Crippen LogP contribution in [0.2, 0.25) is 0 Å². The van der Waals surface area contributed by atoms with Gasteiger partial charge in [0.15, 0.2) is 0 Å². The number of hydrogen-bond acceptors (Lipinski definition) is 2. The maximum atomic E-state index is 14.0. The molecule has 3 aliphatic rings. The molecule has 0 bridgehead atoms. The maximum absolute atomic E-state index is 14.0. The van der Waals surface area contributed by atoms with Gasteiger partial charge in [0.1, 0.15) is 0 Å². The lowest BCUT2D eigenvalue weighted by molar-refractivity contribution is -0.175. The maximum Gasteiger partial charge on any atom is 0.312 e. The van der Waals surface area contributed by atoms with Gasteiger partial charge in [0.25, 0.3) is 0 Å². The van der Waals surface area contributed by atoms with E-state index >= 15 is 0 Å². The average molecular weight is 503 g/mol. The van der Waals surface area contributed by atoms with Gasteiger partial charge in [-0.05, 0) is 68.6 Å². The van der Waals surface area contributed by atoms with E-state index in [2.05, 4.69) is 13.8 Å². The van der Waals surface area contributed by atoms with Crippen molar-refractivity contribution >= 4 is 5.97 Å². The van der Waals surface area contributed by atoms with Gasteiger partial charge in [-0.2, -0.15) is 0 Å². The third-order valence-electron chi connectivity index (χ3n) is 10.9. The molecular formula is C34H62O2. The van der Waals surface area contributed by atoms with Crippen molar-refractivity contribution in [3.8, 4) is 0 Å². The van der Waals surface area contributed by atoms with Crippen LogP contribution in [0.4, 0.5) is 0 Å². The Balaban J connectivity index is 1.68. The van der Waals surface area contributed by atoms with E-state index in [4.69, 9.17) is 4.74 Å². The summed E-state index contributed by atoms with van der Waals surface area (Å²) in [5.41, 5.74) is 0.0261. The third-order valence-corrected chi connectivity index (χ3v) is 10.9. The van der Waals surface area contributed by atoms with E-state index in [0.717, 1.165) is 31.1 Å². The molecule has 0 unspecified atom stereocenters. The molecule has 0 aromatic heterocycles. The van der Waals surface area contributed by atoms with Gasteiger partial charge in [-0.1, -0.05) is 129 Å². The molecule has 0 aromatic carbocycles. The molecule has 0 N–H and O–H groups in total. The third kappa shape index (κ3) is 8.23. The van der Waals surface area contributed by atoms with Crippen molar-refractivity contribution < 1.29 is 9.53 Å². The van der Waals surface area contributed by atoms with Crippen molar-refractivity contribution in [1.29, 1.82) is 0 Å². The summed E-state index contributed by atoms with van der Waals surface area (Å²) >= 11 is 0. The summed E-state index contributed by atoms with van der Waals surface area (Å²) in [6, 6.07) is 0. The van der Waals surface area contributed by atoms with Crippen molar-refractivity contribution in [1.82, 2.24) is 0 Å². The summed E-state index contributed by atoms with van der Waals surface area (Å²) in [5, 5.41) is 0. The van der Waals surface area contributed by atoms with Crippen molar-refractivity contribution in [3.63, 3.8) is 0 Å². The Bertz CT molecular complexity index is 576. The fourth-order valence-electron chi connectivity index (χ4n) is 8.60. The minimum Gasteiger partial charge on any atom is -0.465 e. The van der Waals surface area contributed by atoms with Crippen LogP contribution in [0.1, 0.15) is 181 Å². The van der Waals surface area contributed by atoms with E-state index in [-0.39, 0.29) is 16.8 Å². The molecule has 2 heteroatoms. The molecule has 3 saturated carbocycles. The topological polar surface area (TPSA) is 26.3 Å². The molecule has 0 atom stereocenters. The minimum absolute atomic E-state index is 0.185. The molecule has 0 radical (unpaired) electrons. The molecule has 0 heterocycles. The van der Waals surface area contributed by atoms with Gasteiger partial charge in [0, 0.05) is 0 Å². The molecule has 3 aliphatic carbocycles. The first kappa shape index (κ1) is 30.0. The zero-order chi connectivity index (χ0) is 25.5. The highest BCUT2D eigenvalue weighted by Gasteiger charge is 2.57.